The van der Waals surface area contributed by atoms with Crippen molar-refractivity contribution < 1.29 is 31.5 Å². The minimum absolute atomic E-state index is 0.242. The van der Waals surface area contributed by atoms with Crippen LogP contribution in [0.25, 0.3) is 0 Å². The van der Waals surface area contributed by atoms with Crippen LogP contribution in [0.5, 0.6) is 5.88 Å². The number of hydrogen-bond acceptors (Lipinski definition) is 3. The summed E-state index contributed by atoms with van der Waals surface area (Å²) >= 11 is 0. The molecular weight excluding hydrogens is 287 g/mol. The molecule has 1 heterocycles. The number of halogens is 5. The van der Waals surface area contributed by atoms with Gasteiger partial charge >= 0.3 is 18.0 Å². The quantitative estimate of drug-likeness (QED) is 0.869. The van der Waals surface area contributed by atoms with Crippen molar-refractivity contribution in [1.82, 2.24) is 4.98 Å². The van der Waals surface area contributed by atoms with Gasteiger partial charge in [0.2, 0.25) is 5.88 Å². The van der Waals surface area contributed by atoms with Gasteiger partial charge in [0.25, 0.3) is 0 Å². The molecule has 0 atom stereocenters. The Labute approximate surface area is 110 Å². The van der Waals surface area contributed by atoms with Gasteiger partial charge in [0.05, 0.1) is 6.10 Å². The predicted molar refractivity (Wildman–Crippen MR) is 59.6 cm³/mol. The van der Waals surface area contributed by atoms with Crippen LogP contribution in [0.15, 0.2) is 18.3 Å². The molecule has 0 saturated carbocycles. The van der Waals surface area contributed by atoms with Gasteiger partial charge in [-0.2, -0.15) is 22.0 Å². The average Bonchev–Trinajstić information content (AvgIpc) is 2.29. The second-order valence-corrected chi connectivity index (χ2v) is 4.05. The van der Waals surface area contributed by atoms with E-state index in [9.17, 15) is 26.7 Å². The molecule has 1 aromatic heterocycles. The lowest BCUT2D eigenvalue weighted by Gasteiger charge is -2.19. The number of anilines is 1. The highest BCUT2D eigenvalue weighted by molar-refractivity contribution is 5.97. The molecule has 1 amide bonds. The number of amides is 1. The highest BCUT2D eigenvalue weighted by Gasteiger charge is 2.63. The summed E-state index contributed by atoms with van der Waals surface area (Å²) < 4.78 is 66.8. The largest absolute Gasteiger partial charge is 0.473 e. The maximum absolute atomic E-state index is 12.8. The molecule has 0 bridgehead atoms. The fraction of sp³-hybridized carbons (Fsp3) is 0.455. The maximum Gasteiger partial charge on any atom is 0.463 e. The second-order valence-electron chi connectivity index (χ2n) is 4.05. The van der Waals surface area contributed by atoms with Crippen molar-refractivity contribution in [1.29, 1.82) is 0 Å². The Hall–Kier alpha value is -1.93. The lowest BCUT2D eigenvalue weighted by atomic mass is 10.3. The molecule has 0 aliphatic rings. The molecule has 0 aliphatic carbocycles. The SMILES string of the molecule is CC(C)Oc1ncccc1NC(=O)C(F)(F)C(F)(F)F. The number of rotatable bonds is 4. The fourth-order valence-electron chi connectivity index (χ4n) is 1.13. The second kappa shape index (κ2) is 5.59. The number of ether oxygens (including phenoxy) is 1. The molecular formula is C11H11F5N2O2. The first-order valence-electron chi connectivity index (χ1n) is 5.43. The van der Waals surface area contributed by atoms with Gasteiger partial charge in [-0.25, -0.2) is 4.98 Å². The monoisotopic (exact) mass is 298 g/mol. The van der Waals surface area contributed by atoms with E-state index in [2.05, 4.69) is 4.98 Å². The van der Waals surface area contributed by atoms with Gasteiger partial charge in [0.15, 0.2) is 0 Å². The van der Waals surface area contributed by atoms with Crippen LogP contribution < -0.4 is 10.1 Å². The molecule has 0 aliphatic heterocycles. The molecule has 0 unspecified atom stereocenters. The molecule has 0 radical (unpaired) electrons. The van der Waals surface area contributed by atoms with E-state index in [1.54, 1.807) is 13.8 Å². The number of pyridine rings is 1. The third kappa shape index (κ3) is 3.55. The lowest BCUT2D eigenvalue weighted by molar-refractivity contribution is -0.267. The summed E-state index contributed by atoms with van der Waals surface area (Å²) in [5.74, 6) is -8.24. The number of carbonyl (C=O) groups is 1. The predicted octanol–water partition coefficient (Wildman–Crippen LogP) is 3.00. The van der Waals surface area contributed by atoms with E-state index in [1.165, 1.54) is 17.6 Å². The van der Waals surface area contributed by atoms with Crippen molar-refractivity contribution >= 4 is 11.6 Å². The van der Waals surface area contributed by atoms with Gasteiger partial charge in [0, 0.05) is 6.20 Å². The molecule has 1 N–H and O–H groups in total. The first-order valence-corrected chi connectivity index (χ1v) is 5.43. The molecule has 0 aromatic carbocycles. The fourth-order valence-corrected chi connectivity index (χ4v) is 1.13. The van der Waals surface area contributed by atoms with Gasteiger partial charge in [-0.15, -0.1) is 0 Å². The molecule has 0 fully saturated rings. The van der Waals surface area contributed by atoms with E-state index in [0.29, 0.717) is 0 Å². The molecule has 20 heavy (non-hydrogen) atoms. The topological polar surface area (TPSA) is 51.2 Å². The van der Waals surface area contributed by atoms with Crippen molar-refractivity contribution in [3.63, 3.8) is 0 Å². The van der Waals surface area contributed by atoms with Crippen molar-refractivity contribution in [2.24, 2.45) is 0 Å². The highest BCUT2D eigenvalue weighted by atomic mass is 19.4. The molecule has 1 rings (SSSR count). The summed E-state index contributed by atoms with van der Waals surface area (Å²) in [4.78, 5) is 14.7. The average molecular weight is 298 g/mol. The van der Waals surface area contributed by atoms with Gasteiger partial charge in [0.1, 0.15) is 5.69 Å². The number of nitrogens with one attached hydrogen (secondary N) is 1. The zero-order chi connectivity index (χ0) is 15.6. The smallest absolute Gasteiger partial charge is 0.463 e. The Morgan fingerprint density at radius 2 is 1.90 bits per heavy atom. The molecule has 0 saturated heterocycles. The van der Waals surface area contributed by atoms with Crippen LogP contribution in [-0.2, 0) is 4.79 Å². The summed E-state index contributed by atoms with van der Waals surface area (Å²) in [5, 5.41) is 1.47. The number of carbonyl (C=O) groups excluding carboxylic acids is 1. The minimum atomic E-state index is -5.97. The Morgan fingerprint density at radius 1 is 1.30 bits per heavy atom. The van der Waals surface area contributed by atoms with E-state index in [-0.39, 0.29) is 11.6 Å². The first kappa shape index (κ1) is 16.1. The summed E-state index contributed by atoms with van der Waals surface area (Å²) in [6.07, 6.45) is -5.13. The zero-order valence-corrected chi connectivity index (χ0v) is 10.5. The van der Waals surface area contributed by atoms with E-state index >= 15 is 0 Å². The number of aromatic nitrogens is 1. The van der Waals surface area contributed by atoms with Crippen LogP contribution in [0, 0.1) is 0 Å². The first-order chi connectivity index (χ1) is 9.05. The van der Waals surface area contributed by atoms with E-state index in [0.717, 1.165) is 6.07 Å². The van der Waals surface area contributed by atoms with Crippen molar-refractivity contribution in [2.45, 2.75) is 32.1 Å². The van der Waals surface area contributed by atoms with Crippen molar-refractivity contribution in [3.8, 4) is 5.88 Å². The Kier molecular flexibility index (Phi) is 4.51. The third-order valence-electron chi connectivity index (χ3n) is 2.01. The van der Waals surface area contributed by atoms with Gasteiger partial charge in [-0.3, -0.25) is 4.79 Å². The van der Waals surface area contributed by atoms with E-state index in [4.69, 9.17) is 4.74 Å². The summed E-state index contributed by atoms with van der Waals surface area (Å²) in [7, 11) is 0. The number of hydrogen-bond donors (Lipinski definition) is 1. The van der Waals surface area contributed by atoms with Crippen molar-refractivity contribution in [2.75, 3.05) is 5.32 Å². The Balaban J connectivity index is 2.97. The van der Waals surface area contributed by atoms with Crippen LogP contribution in [0.1, 0.15) is 13.8 Å². The lowest BCUT2D eigenvalue weighted by Crippen LogP contribution is -2.47. The van der Waals surface area contributed by atoms with Crippen LogP contribution >= 0.6 is 0 Å². The van der Waals surface area contributed by atoms with Crippen molar-refractivity contribution in [3.05, 3.63) is 18.3 Å². The molecule has 4 nitrogen and oxygen atoms in total. The standard InChI is InChI=1S/C11H11F5N2O2/c1-6(2)20-8-7(4-3-5-17-8)18-9(19)10(12,13)11(14,15)16/h3-6H,1-2H3,(H,18,19). The summed E-state index contributed by atoms with van der Waals surface area (Å²) in [5.41, 5.74) is -0.366. The summed E-state index contributed by atoms with van der Waals surface area (Å²) in [6, 6.07) is 2.36. The van der Waals surface area contributed by atoms with Crippen LogP contribution in [0.2, 0.25) is 0 Å². The molecule has 112 valence electrons. The van der Waals surface area contributed by atoms with Gasteiger partial charge in [-0.1, -0.05) is 0 Å². The number of alkyl halides is 5. The minimum Gasteiger partial charge on any atom is -0.473 e. The van der Waals surface area contributed by atoms with Crippen LogP contribution in [0.4, 0.5) is 27.6 Å². The third-order valence-corrected chi connectivity index (χ3v) is 2.01. The van der Waals surface area contributed by atoms with Crippen LogP contribution in [-0.4, -0.2) is 29.1 Å². The molecule has 0 spiro atoms. The number of nitrogens with zero attached hydrogens (tertiary/aromatic N) is 1. The Morgan fingerprint density at radius 3 is 2.40 bits per heavy atom. The molecule has 9 heteroatoms. The van der Waals surface area contributed by atoms with E-state index in [1.807, 2.05) is 0 Å². The normalized spacial score (nSPS) is 12.4. The summed E-state index contributed by atoms with van der Waals surface area (Å²) in [6.45, 7) is 3.20. The van der Waals surface area contributed by atoms with Gasteiger partial charge in [-0.05, 0) is 26.0 Å². The van der Waals surface area contributed by atoms with Crippen LogP contribution in [0.3, 0.4) is 0 Å². The zero-order valence-electron chi connectivity index (χ0n) is 10.5. The Bertz CT molecular complexity index is 488. The maximum atomic E-state index is 12.8. The molecule has 1 aromatic rings. The van der Waals surface area contributed by atoms with Gasteiger partial charge < -0.3 is 10.1 Å². The highest BCUT2D eigenvalue weighted by Crippen LogP contribution is 2.36. The van der Waals surface area contributed by atoms with E-state index < -0.39 is 24.1 Å².